The first-order valence-electron chi connectivity index (χ1n) is 22.2. The number of nitrogens with zero attached hydrogens (tertiary/aromatic N) is 2. The summed E-state index contributed by atoms with van der Waals surface area (Å²) < 4.78 is 2.67. The molecule has 0 atom stereocenters. The molecular weight excluding hydrogens is 768 g/mol. The van der Waals surface area contributed by atoms with Gasteiger partial charge in [-0.2, -0.15) is 0 Å². The van der Waals surface area contributed by atoms with Crippen LogP contribution in [0.4, 0.5) is 28.4 Å². The van der Waals surface area contributed by atoms with Crippen LogP contribution in [0.2, 0.25) is 0 Å². The van der Waals surface area contributed by atoms with E-state index in [9.17, 15) is 0 Å². The molecule has 0 N–H and O–H groups in total. The van der Waals surface area contributed by atoms with Gasteiger partial charge in [0.15, 0.2) is 0 Å². The number of benzene rings is 8. The van der Waals surface area contributed by atoms with Gasteiger partial charge in [-0.1, -0.05) is 165 Å². The highest BCUT2D eigenvalue weighted by molar-refractivity contribution is 7.27. The molecule has 4 heteroatoms. The Morgan fingerprint density at radius 1 is 0.435 bits per heavy atom. The lowest BCUT2D eigenvalue weighted by Crippen LogP contribution is -2.61. The largest absolute Gasteiger partial charge is 0.376 e. The highest BCUT2D eigenvalue weighted by atomic mass is 32.1. The highest BCUT2D eigenvalue weighted by Gasteiger charge is 2.47. The maximum absolute atomic E-state index is 2.69. The molecule has 62 heavy (non-hydrogen) atoms. The summed E-state index contributed by atoms with van der Waals surface area (Å²) in [7, 11) is 0. The van der Waals surface area contributed by atoms with E-state index in [1.165, 1.54) is 109 Å². The van der Waals surface area contributed by atoms with Crippen molar-refractivity contribution in [2.45, 2.75) is 78.6 Å². The maximum Gasteiger partial charge on any atom is 0.334 e. The summed E-state index contributed by atoms with van der Waals surface area (Å²) in [6.07, 6.45) is 0. The standard InChI is InChI=1S/C58H53BN2S/c1-56(2,3)38-23-27-41(28-24-38)61-48-31-26-40(58(7,8)9)35-46(48)52-42-20-14-13-19-37(42)33-50-53(52)59(61)54-49(32-29-44-43-21-15-16-22-51(43)62-55(44)54)60(50)47-30-25-39(57(4,5)6)34-45(47)36-17-11-10-12-18-36/h10-35H,1-9H3. The van der Waals surface area contributed by atoms with Crippen LogP contribution in [0.15, 0.2) is 158 Å². The smallest absolute Gasteiger partial charge is 0.334 e. The minimum absolute atomic E-state index is 0.0180. The van der Waals surface area contributed by atoms with Gasteiger partial charge in [-0.05, 0) is 120 Å². The van der Waals surface area contributed by atoms with Crippen molar-refractivity contribution in [1.82, 2.24) is 0 Å². The molecule has 0 amide bonds. The van der Waals surface area contributed by atoms with Crippen molar-refractivity contribution < 1.29 is 0 Å². The summed E-state index contributed by atoms with van der Waals surface area (Å²) in [5.74, 6) is 0. The van der Waals surface area contributed by atoms with Crippen molar-refractivity contribution in [3.63, 3.8) is 0 Å². The van der Waals surface area contributed by atoms with E-state index in [-0.39, 0.29) is 23.1 Å². The lowest BCUT2D eigenvalue weighted by molar-refractivity contribution is 0.590. The number of hydrogen-bond acceptors (Lipinski definition) is 3. The molecule has 3 heterocycles. The van der Waals surface area contributed by atoms with Crippen LogP contribution in [0, 0.1) is 0 Å². The van der Waals surface area contributed by atoms with E-state index in [2.05, 4.69) is 230 Å². The van der Waals surface area contributed by atoms with Crippen molar-refractivity contribution in [2.24, 2.45) is 0 Å². The second-order valence-electron chi connectivity index (χ2n) is 20.6. The molecule has 0 spiro atoms. The molecule has 9 aromatic rings. The molecule has 1 aromatic heterocycles. The Morgan fingerprint density at radius 3 is 1.71 bits per heavy atom. The Hall–Kier alpha value is -6.10. The van der Waals surface area contributed by atoms with Crippen LogP contribution in [0.1, 0.15) is 79.0 Å². The fourth-order valence-electron chi connectivity index (χ4n) is 10.2. The van der Waals surface area contributed by atoms with Gasteiger partial charge in [0.25, 0.3) is 0 Å². The quantitative estimate of drug-likeness (QED) is 0.164. The molecule has 0 bridgehead atoms. The van der Waals surface area contributed by atoms with Crippen molar-refractivity contribution in [3.05, 3.63) is 174 Å². The average molecular weight is 821 g/mol. The van der Waals surface area contributed by atoms with Gasteiger partial charge in [-0.3, -0.25) is 0 Å². The molecule has 0 unspecified atom stereocenters. The zero-order chi connectivity index (χ0) is 42.9. The molecule has 0 saturated carbocycles. The van der Waals surface area contributed by atoms with Crippen LogP contribution in [-0.2, 0) is 16.2 Å². The Kier molecular flexibility index (Phi) is 8.57. The van der Waals surface area contributed by atoms with E-state index in [1.54, 1.807) is 0 Å². The minimum Gasteiger partial charge on any atom is -0.376 e. The third-order valence-electron chi connectivity index (χ3n) is 13.5. The summed E-state index contributed by atoms with van der Waals surface area (Å²) in [5, 5.41) is 5.18. The average Bonchev–Trinajstić information content (AvgIpc) is 3.64. The number of thiophene rings is 1. The van der Waals surface area contributed by atoms with E-state index < -0.39 is 0 Å². The van der Waals surface area contributed by atoms with E-state index in [0.717, 1.165) is 0 Å². The molecule has 304 valence electrons. The summed E-state index contributed by atoms with van der Waals surface area (Å²) in [5.41, 5.74) is 17.9. The fraction of sp³-hybridized carbons (Fsp3) is 0.207. The number of rotatable bonds is 3. The van der Waals surface area contributed by atoms with Crippen LogP contribution in [0.3, 0.4) is 0 Å². The Labute approximate surface area is 371 Å². The number of fused-ring (bicyclic) bond motifs is 10. The van der Waals surface area contributed by atoms with E-state index >= 15 is 0 Å². The van der Waals surface area contributed by atoms with E-state index in [0.29, 0.717) is 0 Å². The zero-order valence-corrected chi connectivity index (χ0v) is 38.2. The third-order valence-corrected chi connectivity index (χ3v) is 14.7. The van der Waals surface area contributed by atoms with E-state index in [1.807, 2.05) is 11.3 Å². The topological polar surface area (TPSA) is 6.48 Å². The van der Waals surface area contributed by atoms with Gasteiger partial charge in [0.2, 0.25) is 0 Å². The summed E-state index contributed by atoms with van der Waals surface area (Å²) in [4.78, 5) is 5.32. The maximum atomic E-state index is 2.69. The van der Waals surface area contributed by atoms with Gasteiger partial charge in [-0.25, -0.2) is 0 Å². The molecule has 11 rings (SSSR count). The van der Waals surface area contributed by atoms with Gasteiger partial charge in [-0.15, -0.1) is 11.3 Å². The molecule has 2 aliphatic rings. The number of anilines is 5. The molecule has 0 fully saturated rings. The highest BCUT2D eigenvalue weighted by Crippen LogP contribution is 2.53. The summed E-state index contributed by atoms with van der Waals surface area (Å²) in [6, 6.07) is 60.4. The molecular formula is C58H53BN2S. The number of hydrogen-bond donors (Lipinski definition) is 0. The van der Waals surface area contributed by atoms with Crippen LogP contribution in [0.25, 0.3) is 53.2 Å². The molecule has 0 saturated heterocycles. The van der Waals surface area contributed by atoms with Crippen molar-refractivity contribution in [1.29, 1.82) is 0 Å². The Morgan fingerprint density at radius 2 is 1.02 bits per heavy atom. The van der Waals surface area contributed by atoms with Gasteiger partial charge in [0.1, 0.15) is 0 Å². The second-order valence-corrected chi connectivity index (χ2v) is 21.7. The first-order valence-corrected chi connectivity index (χ1v) is 23.0. The predicted molar refractivity (Wildman–Crippen MR) is 272 cm³/mol. The fourth-order valence-corrected chi connectivity index (χ4v) is 11.4. The molecule has 2 aliphatic heterocycles. The first-order chi connectivity index (χ1) is 29.7. The Bertz CT molecular complexity index is 3250. The SMILES string of the molecule is CC(C)(C)c1ccc(N2B3c4c(cc5ccccc5c4-c4cc(C(C)(C)C)ccc42)N(c2ccc(C(C)(C)C)cc2-c2ccccc2)c2ccc4c(sc5ccccc54)c23)cc1. The van der Waals surface area contributed by atoms with Crippen molar-refractivity contribution >= 4 is 88.5 Å². The molecule has 2 nitrogen and oxygen atoms in total. The monoisotopic (exact) mass is 820 g/mol. The third kappa shape index (κ3) is 5.98. The minimum atomic E-state index is -0.102. The molecule has 0 radical (unpaired) electrons. The van der Waals surface area contributed by atoms with Crippen molar-refractivity contribution in [3.8, 4) is 22.3 Å². The zero-order valence-electron chi connectivity index (χ0n) is 37.4. The first kappa shape index (κ1) is 38.8. The van der Waals surface area contributed by atoms with E-state index in [4.69, 9.17) is 0 Å². The lowest BCUT2D eigenvalue weighted by atomic mass is 9.43. The van der Waals surface area contributed by atoms with Crippen molar-refractivity contribution in [2.75, 3.05) is 9.71 Å². The van der Waals surface area contributed by atoms with Crippen LogP contribution < -0.4 is 20.6 Å². The molecule has 8 aromatic carbocycles. The summed E-state index contributed by atoms with van der Waals surface area (Å²) in [6.45, 7) is 20.8. The second kappa shape index (κ2) is 13.7. The normalized spacial score (nSPS) is 13.8. The van der Waals surface area contributed by atoms with Gasteiger partial charge < -0.3 is 9.71 Å². The summed E-state index contributed by atoms with van der Waals surface area (Å²) >= 11 is 1.94. The van der Waals surface area contributed by atoms with Gasteiger partial charge >= 0.3 is 6.85 Å². The van der Waals surface area contributed by atoms with Crippen LogP contribution in [0.5, 0.6) is 0 Å². The molecule has 0 aliphatic carbocycles. The van der Waals surface area contributed by atoms with Gasteiger partial charge in [0.05, 0.1) is 5.69 Å². The predicted octanol–water partition coefficient (Wildman–Crippen LogP) is 15.5. The lowest BCUT2D eigenvalue weighted by Gasteiger charge is -2.47. The Balaban J connectivity index is 1.33. The van der Waals surface area contributed by atoms with Gasteiger partial charge in [0, 0.05) is 54.0 Å². The van der Waals surface area contributed by atoms with Crippen LogP contribution >= 0.6 is 11.3 Å². The van der Waals surface area contributed by atoms with Crippen LogP contribution in [-0.4, -0.2) is 6.85 Å².